The van der Waals surface area contributed by atoms with Crippen LogP contribution in [0.15, 0.2) is 0 Å². The maximum absolute atomic E-state index is 5.51. The van der Waals surface area contributed by atoms with Crippen LogP contribution in [0.3, 0.4) is 0 Å². The minimum Gasteiger partial charge on any atom is -0.104 e. The molecule has 0 nitrogen and oxygen atoms in total. The van der Waals surface area contributed by atoms with Crippen molar-refractivity contribution in [1.82, 2.24) is 0 Å². The standard InChI is InChI=1S/C9H20B2P/c1-8(2,3)12(7-11-10)9(4,5)6/h7H2,1-6H3. The topological polar surface area (TPSA) is 0 Å². The summed E-state index contributed by atoms with van der Waals surface area (Å²) in [7, 11) is 7.31. The third kappa shape index (κ3) is 3.99. The molecule has 67 valence electrons. The number of hydrogen-bond donors (Lipinski definition) is 0. The van der Waals surface area contributed by atoms with Crippen molar-refractivity contribution in [1.29, 1.82) is 0 Å². The van der Waals surface area contributed by atoms with Crippen molar-refractivity contribution in [3.8, 4) is 0 Å². The van der Waals surface area contributed by atoms with E-state index in [0.29, 0.717) is 10.3 Å². The fourth-order valence-corrected chi connectivity index (χ4v) is 4.98. The van der Waals surface area contributed by atoms with Crippen LogP contribution < -0.4 is 0 Å². The van der Waals surface area contributed by atoms with Gasteiger partial charge in [-0.15, -0.1) is 7.92 Å². The zero-order valence-electron chi connectivity index (χ0n) is 9.31. The molecule has 0 saturated carbocycles. The fraction of sp³-hybridized carbons (Fsp3) is 1.00. The molecule has 0 atom stereocenters. The van der Waals surface area contributed by atoms with Gasteiger partial charge < -0.3 is 0 Å². The van der Waals surface area contributed by atoms with Crippen molar-refractivity contribution >= 4 is 22.8 Å². The van der Waals surface area contributed by atoms with Crippen LogP contribution >= 0.6 is 7.92 Å². The maximum Gasteiger partial charge on any atom is 0.0603 e. The molecule has 0 saturated heterocycles. The van der Waals surface area contributed by atoms with Crippen molar-refractivity contribution in [2.75, 3.05) is 6.06 Å². The third-order valence-corrected chi connectivity index (χ3v) is 5.72. The molecule has 0 amide bonds. The van der Waals surface area contributed by atoms with Crippen LogP contribution in [0.4, 0.5) is 0 Å². The lowest BCUT2D eigenvalue weighted by atomic mass is 9.58. The summed E-state index contributed by atoms with van der Waals surface area (Å²) in [4.78, 5) is 0. The first-order valence-electron chi connectivity index (χ1n) is 4.51. The normalized spacial score (nSPS) is 13.6. The van der Waals surface area contributed by atoms with Gasteiger partial charge in [-0.3, -0.25) is 0 Å². The zero-order chi connectivity index (χ0) is 9.99. The van der Waals surface area contributed by atoms with Gasteiger partial charge >= 0.3 is 0 Å². The van der Waals surface area contributed by atoms with Gasteiger partial charge in [0.05, 0.1) is 7.17 Å². The Morgan fingerprint density at radius 2 is 1.33 bits per heavy atom. The van der Waals surface area contributed by atoms with Crippen LogP contribution in [0.25, 0.3) is 0 Å². The van der Waals surface area contributed by atoms with Crippen LogP contribution in [-0.2, 0) is 0 Å². The largest absolute Gasteiger partial charge is 0.104 e. The van der Waals surface area contributed by atoms with Crippen LogP contribution in [-0.4, -0.2) is 31.3 Å². The Kier molecular flexibility index (Phi) is 4.38. The lowest BCUT2D eigenvalue weighted by molar-refractivity contribution is 0.709. The Bertz CT molecular complexity index is 118. The predicted molar refractivity (Wildman–Crippen MR) is 62.8 cm³/mol. The minimum absolute atomic E-state index is 0.0234. The molecular formula is C9H20B2P. The molecule has 3 radical (unpaired) electrons. The summed E-state index contributed by atoms with van der Waals surface area (Å²) in [5, 5.41) is 0.812. The van der Waals surface area contributed by atoms with Crippen molar-refractivity contribution in [3.05, 3.63) is 0 Å². The average Bonchev–Trinajstić information content (AvgIpc) is 1.77. The van der Waals surface area contributed by atoms with E-state index in [1.54, 1.807) is 0 Å². The van der Waals surface area contributed by atoms with Crippen molar-refractivity contribution in [2.45, 2.75) is 51.9 Å². The molecule has 0 aromatic carbocycles. The van der Waals surface area contributed by atoms with E-state index in [1.807, 2.05) is 7.17 Å². The summed E-state index contributed by atoms with van der Waals surface area (Å²) in [6, 6.07) is 1.07. The lowest BCUT2D eigenvalue weighted by Gasteiger charge is -2.41. The molecule has 0 unspecified atom stereocenters. The third-order valence-electron chi connectivity index (χ3n) is 1.91. The quantitative estimate of drug-likeness (QED) is 0.453. The molecular weight excluding hydrogens is 161 g/mol. The van der Waals surface area contributed by atoms with Gasteiger partial charge in [-0.25, -0.2) is 0 Å². The molecule has 0 aliphatic heterocycles. The molecule has 12 heavy (non-hydrogen) atoms. The van der Waals surface area contributed by atoms with Crippen molar-refractivity contribution < 1.29 is 0 Å². The lowest BCUT2D eigenvalue weighted by Crippen LogP contribution is -2.28. The first kappa shape index (κ1) is 12.6. The Hall–Kier alpha value is 0.560. The van der Waals surface area contributed by atoms with E-state index < -0.39 is 0 Å². The van der Waals surface area contributed by atoms with E-state index in [2.05, 4.69) is 41.5 Å². The van der Waals surface area contributed by atoms with Crippen LogP contribution in [0.2, 0.25) is 0 Å². The van der Waals surface area contributed by atoms with E-state index in [4.69, 9.17) is 7.74 Å². The molecule has 0 aromatic rings. The Balaban J connectivity index is 4.45. The summed E-state index contributed by atoms with van der Waals surface area (Å²) >= 11 is 0. The highest BCUT2D eigenvalue weighted by Gasteiger charge is 2.32. The Morgan fingerprint density at radius 1 is 1.00 bits per heavy atom. The molecule has 0 heterocycles. The molecule has 0 fully saturated rings. The van der Waals surface area contributed by atoms with E-state index in [9.17, 15) is 0 Å². The van der Waals surface area contributed by atoms with E-state index in [-0.39, 0.29) is 7.92 Å². The monoisotopic (exact) mass is 181 g/mol. The summed E-state index contributed by atoms with van der Waals surface area (Å²) in [5.74, 6) is 0. The van der Waals surface area contributed by atoms with Gasteiger partial charge in [-0.1, -0.05) is 47.6 Å². The van der Waals surface area contributed by atoms with Gasteiger partial charge in [0.1, 0.15) is 0 Å². The molecule has 0 N–H and O–H groups in total. The molecule has 0 aliphatic rings. The molecule has 0 aromatic heterocycles. The Labute approximate surface area is 81.3 Å². The second-order valence-electron chi connectivity index (χ2n) is 5.19. The summed E-state index contributed by atoms with van der Waals surface area (Å²) in [6.45, 7) is 13.9. The number of rotatable bonds is 2. The first-order chi connectivity index (χ1) is 5.19. The highest BCUT2D eigenvalue weighted by Crippen LogP contribution is 2.58. The van der Waals surface area contributed by atoms with E-state index in [0.717, 1.165) is 6.06 Å². The van der Waals surface area contributed by atoms with Gasteiger partial charge in [-0.2, -0.15) is 0 Å². The second-order valence-corrected chi connectivity index (χ2v) is 9.09. The van der Waals surface area contributed by atoms with E-state index >= 15 is 0 Å². The molecule has 0 rings (SSSR count). The highest BCUT2D eigenvalue weighted by atomic mass is 31.1. The first-order valence-corrected chi connectivity index (χ1v) is 6.03. The number of hydrogen-bond acceptors (Lipinski definition) is 0. The summed E-state index contributed by atoms with van der Waals surface area (Å²) < 4.78 is 0. The van der Waals surface area contributed by atoms with Crippen LogP contribution in [0.1, 0.15) is 41.5 Å². The summed E-state index contributed by atoms with van der Waals surface area (Å²) in [5.41, 5.74) is 0. The molecule has 3 heteroatoms. The second kappa shape index (κ2) is 4.18. The highest BCUT2D eigenvalue weighted by molar-refractivity contribution is 7.63. The fourth-order valence-electron chi connectivity index (χ4n) is 1.66. The smallest absolute Gasteiger partial charge is 0.0603 e. The molecule has 0 aliphatic carbocycles. The Morgan fingerprint density at radius 3 is 1.42 bits per heavy atom. The summed E-state index contributed by atoms with van der Waals surface area (Å²) in [6.07, 6.45) is 0. The van der Waals surface area contributed by atoms with Crippen LogP contribution in [0, 0.1) is 0 Å². The predicted octanol–water partition coefficient (Wildman–Crippen LogP) is 2.81. The van der Waals surface area contributed by atoms with E-state index in [1.165, 1.54) is 0 Å². The van der Waals surface area contributed by atoms with Gasteiger partial charge in [0, 0.05) is 7.74 Å². The van der Waals surface area contributed by atoms with Crippen LogP contribution in [0.5, 0.6) is 0 Å². The maximum atomic E-state index is 5.51. The van der Waals surface area contributed by atoms with Gasteiger partial charge in [0.15, 0.2) is 0 Å². The average molecular weight is 181 g/mol. The molecule has 0 spiro atoms. The zero-order valence-corrected chi connectivity index (χ0v) is 10.2. The minimum atomic E-state index is -0.0234. The molecule has 0 bridgehead atoms. The van der Waals surface area contributed by atoms with Gasteiger partial charge in [0.25, 0.3) is 0 Å². The van der Waals surface area contributed by atoms with Gasteiger partial charge in [0.2, 0.25) is 0 Å². The van der Waals surface area contributed by atoms with Gasteiger partial charge in [-0.05, 0) is 10.3 Å². The van der Waals surface area contributed by atoms with Crippen molar-refractivity contribution in [3.63, 3.8) is 0 Å². The SMILES string of the molecule is [B][B]CP(C(C)(C)C)C(C)(C)C. The van der Waals surface area contributed by atoms with Crippen molar-refractivity contribution in [2.24, 2.45) is 0 Å².